The van der Waals surface area contributed by atoms with Crippen LogP contribution in [0.2, 0.25) is 0 Å². The van der Waals surface area contributed by atoms with Crippen LogP contribution in [0, 0.1) is 10.1 Å². The second-order valence-electron chi connectivity index (χ2n) is 4.47. The molecule has 0 unspecified atom stereocenters. The minimum Gasteiger partial charge on any atom is -0.394 e. The number of nitrogens with one attached hydrogen (secondary N) is 1. The molecule has 2 N–H and O–H groups in total. The lowest BCUT2D eigenvalue weighted by Crippen LogP contribution is -2.47. The maximum Gasteiger partial charge on any atom is 0.330 e. The summed E-state index contributed by atoms with van der Waals surface area (Å²) in [5.41, 5.74) is -0.672. The molecular weight excluding hydrogens is 240 g/mol. The third kappa shape index (κ3) is 2.44. The highest BCUT2D eigenvalue weighted by molar-refractivity contribution is 5.56. The fraction of sp³-hybridized carbons (Fsp3) is 0.700. The molecule has 8 heteroatoms. The quantitative estimate of drug-likeness (QED) is 0.592. The normalized spacial score (nSPS) is 18.6. The molecule has 100 valence electrons. The van der Waals surface area contributed by atoms with E-state index in [1.54, 1.807) is 7.05 Å². The van der Waals surface area contributed by atoms with Crippen LogP contribution in [0.15, 0.2) is 6.20 Å². The Morgan fingerprint density at radius 3 is 2.89 bits per heavy atom. The molecule has 1 fully saturated rings. The van der Waals surface area contributed by atoms with E-state index >= 15 is 0 Å². The van der Waals surface area contributed by atoms with E-state index in [1.165, 1.54) is 10.9 Å². The lowest BCUT2D eigenvalue weighted by atomic mass is 9.91. The topological polar surface area (TPSA) is 102 Å². The van der Waals surface area contributed by atoms with E-state index in [2.05, 4.69) is 10.4 Å². The predicted molar refractivity (Wildman–Crippen MR) is 63.4 cm³/mol. The number of ether oxygens (including phenoxy) is 1. The number of aliphatic hydroxyl groups is 1. The monoisotopic (exact) mass is 256 g/mol. The summed E-state index contributed by atoms with van der Waals surface area (Å²) in [5, 5.41) is 27.5. The SMILES string of the molecule is Cn1cc([N+](=O)[O-])c(NC2(CO)CCOCC2)n1. The molecule has 0 amide bonds. The average Bonchev–Trinajstić information content (AvgIpc) is 2.71. The van der Waals surface area contributed by atoms with Crippen LogP contribution in [0.4, 0.5) is 11.5 Å². The largest absolute Gasteiger partial charge is 0.394 e. The van der Waals surface area contributed by atoms with Gasteiger partial charge in [-0.3, -0.25) is 14.8 Å². The number of aromatic nitrogens is 2. The van der Waals surface area contributed by atoms with Gasteiger partial charge in [0.25, 0.3) is 0 Å². The Kier molecular flexibility index (Phi) is 3.48. The van der Waals surface area contributed by atoms with E-state index in [9.17, 15) is 15.2 Å². The standard InChI is InChI=1S/C10H16N4O4/c1-13-6-8(14(16)17)9(12-13)11-10(7-15)2-4-18-5-3-10/h6,15H,2-5,7H2,1H3,(H,11,12). The highest BCUT2D eigenvalue weighted by Crippen LogP contribution is 2.29. The molecule has 1 aromatic rings. The first-order chi connectivity index (χ1) is 8.56. The molecule has 1 saturated heterocycles. The number of rotatable bonds is 4. The van der Waals surface area contributed by atoms with E-state index in [1.807, 2.05) is 0 Å². The number of aryl methyl sites for hydroxylation is 1. The number of nitro groups is 1. The molecule has 1 aliphatic heterocycles. The molecule has 2 heterocycles. The lowest BCUT2D eigenvalue weighted by Gasteiger charge is -2.36. The average molecular weight is 256 g/mol. The van der Waals surface area contributed by atoms with E-state index in [0.717, 1.165) is 0 Å². The minimum absolute atomic E-state index is 0.0863. The van der Waals surface area contributed by atoms with Crippen LogP contribution in [0.1, 0.15) is 12.8 Å². The third-order valence-electron chi connectivity index (χ3n) is 3.14. The lowest BCUT2D eigenvalue weighted by molar-refractivity contribution is -0.384. The van der Waals surface area contributed by atoms with Crippen molar-refractivity contribution >= 4 is 11.5 Å². The Balaban J connectivity index is 2.23. The molecule has 0 aliphatic carbocycles. The number of anilines is 1. The van der Waals surface area contributed by atoms with Crippen LogP contribution in [0.3, 0.4) is 0 Å². The van der Waals surface area contributed by atoms with Gasteiger partial charge in [0.15, 0.2) is 0 Å². The van der Waals surface area contributed by atoms with Crippen molar-refractivity contribution in [3.05, 3.63) is 16.3 Å². The molecule has 0 aromatic carbocycles. The van der Waals surface area contributed by atoms with Gasteiger partial charge >= 0.3 is 5.69 Å². The van der Waals surface area contributed by atoms with Gasteiger partial charge in [-0.2, -0.15) is 0 Å². The van der Waals surface area contributed by atoms with Gasteiger partial charge in [-0.25, -0.2) is 0 Å². The molecule has 0 radical (unpaired) electrons. The molecule has 1 aliphatic rings. The zero-order valence-electron chi connectivity index (χ0n) is 10.1. The summed E-state index contributed by atoms with van der Waals surface area (Å²) >= 11 is 0. The van der Waals surface area contributed by atoms with E-state index in [0.29, 0.717) is 26.1 Å². The molecule has 1 aromatic heterocycles. The molecule has 0 bridgehead atoms. The molecule has 8 nitrogen and oxygen atoms in total. The van der Waals surface area contributed by atoms with Crippen molar-refractivity contribution in [3.63, 3.8) is 0 Å². The molecule has 0 saturated carbocycles. The van der Waals surface area contributed by atoms with Crippen LogP contribution in [0.25, 0.3) is 0 Å². The van der Waals surface area contributed by atoms with E-state index in [4.69, 9.17) is 4.74 Å². The number of nitrogens with zero attached hydrogens (tertiary/aromatic N) is 3. The molecule has 0 atom stereocenters. The summed E-state index contributed by atoms with van der Waals surface area (Å²) in [4.78, 5) is 10.4. The van der Waals surface area contributed by atoms with Crippen molar-refractivity contribution in [2.24, 2.45) is 7.05 Å². The summed E-state index contributed by atoms with van der Waals surface area (Å²) in [6.45, 7) is 0.937. The highest BCUT2D eigenvalue weighted by Gasteiger charge is 2.35. The van der Waals surface area contributed by atoms with Gasteiger partial charge in [-0.15, -0.1) is 5.10 Å². The van der Waals surface area contributed by atoms with Crippen LogP contribution >= 0.6 is 0 Å². The Labute approximate surface area is 104 Å². The van der Waals surface area contributed by atoms with Gasteiger partial charge in [0, 0.05) is 20.3 Å². The first-order valence-electron chi connectivity index (χ1n) is 5.71. The number of hydrogen-bond acceptors (Lipinski definition) is 6. The molecule has 18 heavy (non-hydrogen) atoms. The van der Waals surface area contributed by atoms with Gasteiger partial charge in [-0.1, -0.05) is 0 Å². The van der Waals surface area contributed by atoms with Gasteiger partial charge < -0.3 is 15.2 Å². The van der Waals surface area contributed by atoms with E-state index < -0.39 is 10.5 Å². The summed E-state index contributed by atoms with van der Waals surface area (Å²) in [7, 11) is 1.62. The van der Waals surface area contributed by atoms with Gasteiger partial charge in [0.2, 0.25) is 5.82 Å². The van der Waals surface area contributed by atoms with E-state index in [-0.39, 0.29) is 18.1 Å². The zero-order valence-corrected chi connectivity index (χ0v) is 10.1. The van der Waals surface area contributed by atoms with Crippen molar-refractivity contribution in [1.82, 2.24) is 9.78 Å². The Bertz CT molecular complexity index is 439. The first kappa shape index (κ1) is 12.8. The molecule has 2 rings (SSSR count). The van der Waals surface area contributed by atoms with Crippen molar-refractivity contribution in [1.29, 1.82) is 0 Å². The van der Waals surface area contributed by atoms with Crippen LogP contribution in [-0.2, 0) is 11.8 Å². The number of aliphatic hydroxyl groups excluding tert-OH is 1. The zero-order chi connectivity index (χ0) is 13.2. The van der Waals surface area contributed by atoms with Gasteiger partial charge in [0.05, 0.1) is 17.1 Å². The van der Waals surface area contributed by atoms with Crippen molar-refractivity contribution in [2.75, 3.05) is 25.1 Å². The summed E-state index contributed by atoms with van der Waals surface area (Å²) in [6, 6.07) is 0. The number of hydrogen-bond donors (Lipinski definition) is 2. The molecule has 0 spiro atoms. The third-order valence-corrected chi connectivity index (χ3v) is 3.14. The second-order valence-corrected chi connectivity index (χ2v) is 4.47. The van der Waals surface area contributed by atoms with Crippen LogP contribution < -0.4 is 5.32 Å². The minimum atomic E-state index is -0.586. The summed E-state index contributed by atoms with van der Waals surface area (Å²) < 4.78 is 6.62. The summed E-state index contributed by atoms with van der Waals surface area (Å²) in [6.07, 6.45) is 2.53. The Hall–Kier alpha value is -1.67. The Morgan fingerprint density at radius 2 is 2.33 bits per heavy atom. The fourth-order valence-corrected chi connectivity index (χ4v) is 2.03. The van der Waals surface area contributed by atoms with Crippen LogP contribution in [-0.4, -0.2) is 45.2 Å². The highest BCUT2D eigenvalue weighted by atomic mass is 16.6. The second kappa shape index (κ2) is 4.91. The van der Waals surface area contributed by atoms with Crippen LogP contribution in [0.5, 0.6) is 0 Å². The van der Waals surface area contributed by atoms with Crippen molar-refractivity contribution in [2.45, 2.75) is 18.4 Å². The van der Waals surface area contributed by atoms with Crippen molar-refractivity contribution in [3.8, 4) is 0 Å². The fourth-order valence-electron chi connectivity index (χ4n) is 2.03. The smallest absolute Gasteiger partial charge is 0.330 e. The first-order valence-corrected chi connectivity index (χ1v) is 5.71. The summed E-state index contributed by atoms with van der Waals surface area (Å²) in [5.74, 6) is 0.193. The Morgan fingerprint density at radius 1 is 1.67 bits per heavy atom. The van der Waals surface area contributed by atoms with Gasteiger partial charge in [0.1, 0.15) is 6.20 Å². The molecular formula is C10H16N4O4. The van der Waals surface area contributed by atoms with Crippen molar-refractivity contribution < 1.29 is 14.8 Å². The predicted octanol–water partition coefficient (Wildman–Crippen LogP) is 0.282. The maximum absolute atomic E-state index is 10.9. The maximum atomic E-state index is 10.9. The van der Waals surface area contributed by atoms with Gasteiger partial charge in [-0.05, 0) is 12.8 Å².